The lowest BCUT2D eigenvalue weighted by molar-refractivity contribution is 0.385. The van der Waals surface area contributed by atoms with Gasteiger partial charge in [-0.15, -0.1) is 0 Å². The zero-order valence-corrected chi connectivity index (χ0v) is 16.6. The Morgan fingerprint density at radius 2 is 1.79 bits per heavy atom. The first-order valence-corrected chi connectivity index (χ1v) is 10.2. The average Bonchev–Trinajstić information content (AvgIpc) is 3.21. The second-order valence-electron chi connectivity index (χ2n) is 6.32. The van der Waals surface area contributed by atoms with Gasteiger partial charge in [-0.1, -0.05) is 55.0 Å². The molecule has 142 valence electrons. The number of hydrogen-bond donors (Lipinski definition) is 0. The van der Waals surface area contributed by atoms with Gasteiger partial charge in [-0.3, -0.25) is 9.36 Å². The van der Waals surface area contributed by atoms with Gasteiger partial charge < -0.3 is 4.52 Å². The number of para-hydroxylation sites is 1. The molecule has 4 aromatic rings. The number of rotatable bonds is 6. The van der Waals surface area contributed by atoms with Crippen LogP contribution in [0.15, 0.2) is 63.0 Å². The van der Waals surface area contributed by atoms with E-state index in [1.807, 2.05) is 55.5 Å². The molecule has 0 aliphatic rings. The average molecular weight is 392 g/mol. The number of nitrogens with zero attached hydrogens (tertiary/aromatic N) is 4. The van der Waals surface area contributed by atoms with Crippen molar-refractivity contribution in [2.75, 3.05) is 0 Å². The molecule has 6 nitrogen and oxygen atoms in total. The van der Waals surface area contributed by atoms with Crippen molar-refractivity contribution < 1.29 is 4.52 Å². The third-order valence-electron chi connectivity index (χ3n) is 4.50. The van der Waals surface area contributed by atoms with Crippen LogP contribution < -0.4 is 5.56 Å². The van der Waals surface area contributed by atoms with Crippen LogP contribution in [-0.4, -0.2) is 19.7 Å². The first-order chi connectivity index (χ1) is 13.7. The summed E-state index contributed by atoms with van der Waals surface area (Å²) in [5.41, 5.74) is 2.61. The van der Waals surface area contributed by atoms with Crippen molar-refractivity contribution in [3.8, 4) is 5.69 Å². The Labute approximate surface area is 166 Å². The summed E-state index contributed by atoms with van der Waals surface area (Å²) in [7, 11) is 0. The number of hydrogen-bond acceptors (Lipinski definition) is 6. The third kappa shape index (κ3) is 3.57. The van der Waals surface area contributed by atoms with E-state index in [-0.39, 0.29) is 5.56 Å². The van der Waals surface area contributed by atoms with E-state index >= 15 is 0 Å². The van der Waals surface area contributed by atoms with E-state index in [0.29, 0.717) is 33.5 Å². The van der Waals surface area contributed by atoms with Crippen LogP contribution in [0.4, 0.5) is 0 Å². The Balaban J connectivity index is 1.79. The van der Waals surface area contributed by atoms with Gasteiger partial charge in [0.2, 0.25) is 5.89 Å². The van der Waals surface area contributed by atoms with E-state index in [1.165, 1.54) is 17.3 Å². The van der Waals surface area contributed by atoms with E-state index in [1.54, 1.807) is 4.57 Å². The van der Waals surface area contributed by atoms with Gasteiger partial charge in [0.1, 0.15) is 0 Å². The van der Waals surface area contributed by atoms with Crippen LogP contribution in [0.5, 0.6) is 0 Å². The summed E-state index contributed by atoms with van der Waals surface area (Å²) in [5, 5.41) is 5.12. The highest BCUT2D eigenvalue weighted by Gasteiger charge is 2.15. The largest absolute Gasteiger partial charge is 0.338 e. The summed E-state index contributed by atoms with van der Waals surface area (Å²) in [6.07, 6.45) is 1.67. The van der Waals surface area contributed by atoms with Crippen molar-refractivity contribution in [1.29, 1.82) is 0 Å². The third-order valence-corrected chi connectivity index (χ3v) is 5.42. The van der Waals surface area contributed by atoms with Gasteiger partial charge in [-0.05, 0) is 36.2 Å². The van der Waals surface area contributed by atoms with Crippen LogP contribution in [0.3, 0.4) is 0 Å². The van der Waals surface area contributed by atoms with Crippen molar-refractivity contribution >= 4 is 22.7 Å². The molecule has 0 unspecified atom stereocenters. The Morgan fingerprint density at radius 1 is 1.00 bits per heavy atom. The molecule has 2 heterocycles. The molecule has 2 aromatic carbocycles. The minimum absolute atomic E-state index is 0.0860. The molecule has 0 aliphatic carbocycles. The minimum atomic E-state index is -0.0860. The van der Waals surface area contributed by atoms with Crippen LogP contribution in [0.25, 0.3) is 16.6 Å². The summed E-state index contributed by atoms with van der Waals surface area (Å²) < 4.78 is 6.93. The molecule has 0 N–H and O–H groups in total. The maximum Gasteiger partial charge on any atom is 0.266 e. The topological polar surface area (TPSA) is 73.8 Å². The van der Waals surface area contributed by atoms with E-state index in [0.717, 1.165) is 18.5 Å². The number of aromatic nitrogens is 4. The first kappa shape index (κ1) is 18.4. The summed E-state index contributed by atoms with van der Waals surface area (Å²) in [6, 6.07) is 15.4. The predicted octanol–water partition coefficient (Wildman–Crippen LogP) is 4.19. The van der Waals surface area contributed by atoms with Gasteiger partial charge in [-0.25, -0.2) is 4.98 Å². The number of fused-ring (bicyclic) bond motifs is 1. The molecule has 7 heteroatoms. The van der Waals surface area contributed by atoms with Crippen molar-refractivity contribution in [1.82, 2.24) is 19.7 Å². The maximum atomic E-state index is 13.2. The highest BCUT2D eigenvalue weighted by atomic mass is 32.2. The van der Waals surface area contributed by atoms with Gasteiger partial charge in [-0.2, -0.15) is 4.98 Å². The summed E-state index contributed by atoms with van der Waals surface area (Å²) in [4.78, 5) is 22.3. The molecule has 2 aromatic heterocycles. The minimum Gasteiger partial charge on any atom is -0.338 e. The normalized spacial score (nSPS) is 11.2. The van der Waals surface area contributed by atoms with E-state index in [2.05, 4.69) is 17.1 Å². The second-order valence-corrected chi connectivity index (χ2v) is 7.26. The first-order valence-electron chi connectivity index (χ1n) is 9.25. The Morgan fingerprint density at radius 3 is 2.50 bits per heavy atom. The molecule has 0 fully saturated rings. The Kier molecular flexibility index (Phi) is 5.25. The molecule has 28 heavy (non-hydrogen) atoms. The molecule has 0 aliphatic heterocycles. The highest BCUT2D eigenvalue weighted by molar-refractivity contribution is 7.98. The summed E-state index contributed by atoms with van der Waals surface area (Å²) >= 11 is 1.41. The summed E-state index contributed by atoms with van der Waals surface area (Å²) in [5.74, 6) is 1.65. The maximum absolute atomic E-state index is 13.2. The van der Waals surface area contributed by atoms with Crippen molar-refractivity contribution in [3.05, 3.63) is 76.2 Å². The monoisotopic (exact) mass is 392 g/mol. The molecule has 0 amide bonds. The van der Waals surface area contributed by atoms with Gasteiger partial charge in [0.15, 0.2) is 11.0 Å². The Bertz CT molecular complexity index is 1170. The smallest absolute Gasteiger partial charge is 0.266 e. The molecular formula is C21H20N4O2S. The molecule has 0 atom stereocenters. The SMILES string of the molecule is CCc1ccc(-n2c(SCc3nc(CC)no3)nc3ccccc3c2=O)cc1. The van der Waals surface area contributed by atoms with Gasteiger partial charge in [0, 0.05) is 6.42 Å². The van der Waals surface area contributed by atoms with Crippen LogP contribution in [0.2, 0.25) is 0 Å². The Hall–Kier alpha value is -2.93. The van der Waals surface area contributed by atoms with Gasteiger partial charge in [0.05, 0.1) is 22.3 Å². The standard InChI is InChI=1S/C21H20N4O2S/c1-3-14-9-11-15(12-10-14)25-20(26)16-7-5-6-8-17(16)22-21(25)28-13-19-23-18(4-2)24-27-19/h5-12H,3-4,13H2,1-2H3. The number of aryl methyl sites for hydroxylation is 2. The second kappa shape index (κ2) is 7.98. The van der Waals surface area contributed by atoms with E-state index in [9.17, 15) is 4.79 Å². The molecular weight excluding hydrogens is 372 g/mol. The molecule has 0 saturated heterocycles. The molecule has 0 spiro atoms. The molecule has 4 rings (SSSR count). The lowest BCUT2D eigenvalue weighted by Crippen LogP contribution is -2.21. The number of thioether (sulfide) groups is 1. The summed E-state index contributed by atoms with van der Waals surface area (Å²) in [6.45, 7) is 4.08. The predicted molar refractivity (Wildman–Crippen MR) is 110 cm³/mol. The van der Waals surface area contributed by atoms with Crippen LogP contribution in [-0.2, 0) is 18.6 Å². The zero-order chi connectivity index (χ0) is 19.5. The van der Waals surface area contributed by atoms with Crippen molar-refractivity contribution in [3.63, 3.8) is 0 Å². The fraction of sp³-hybridized carbons (Fsp3) is 0.238. The fourth-order valence-corrected chi connectivity index (χ4v) is 3.79. The molecule has 0 radical (unpaired) electrons. The van der Waals surface area contributed by atoms with Crippen molar-refractivity contribution in [2.45, 2.75) is 37.6 Å². The van der Waals surface area contributed by atoms with Gasteiger partial charge in [0.25, 0.3) is 5.56 Å². The van der Waals surface area contributed by atoms with Gasteiger partial charge >= 0.3 is 0 Å². The lowest BCUT2D eigenvalue weighted by atomic mass is 10.1. The lowest BCUT2D eigenvalue weighted by Gasteiger charge is -2.13. The van der Waals surface area contributed by atoms with Crippen molar-refractivity contribution in [2.24, 2.45) is 0 Å². The zero-order valence-electron chi connectivity index (χ0n) is 15.8. The van der Waals surface area contributed by atoms with E-state index < -0.39 is 0 Å². The van der Waals surface area contributed by atoms with Crippen LogP contribution in [0.1, 0.15) is 31.1 Å². The van der Waals surface area contributed by atoms with Crippen LogP contribution >= 0.6 is 11.8 Å². The fourth-order valence-electron chi connectivity index (χ4n) is 2.94. The van der Waals surface area contributed by atoms with Crippen LogP contribution in [0, 0.1) is 0 Å². The molecule has 0 saturated carbocycles. The van der Waals surface area contributed by atoms with E-state index in [4.69, 9.17) is 9.51 Å². The number of benzene rings is 2. The quantitative estimate of drug-likeness (QED) is 0.362. The highest BCUT2D eigenvalue weighted by Crippen LogP contribution is 2.24. The molecule has 0 bridgehead atoms.